The Morgan fingerprint density at radius 1 is 0.643 bits per heavy atom. The predicted molar refractivity (Wildman–Crippen MR) is 116 cm³/mol. The molecule has 0 heterocycles. The van der Waals surface area contributed by atoms with E-state index in [2.05, 4.69) is 39.8 Å². The minimum atomic E-state index is -0.656. The molecule has 0 N–H and O–H groups in total. The van der Waals surface area contributed by atoms with Gasteiger partial charge in [0.25, 0.3) is 0 Å². The lowest BCUT2D eigenvalue weighted by molar-refractivity contribution is 0.151. The standard InChI is InChI=1S/C25H34O3/c1-5-11-19-15-9-17-23(21(19)13-7-3)27-25(26)28-24-18-10-16-20(12-6-2)22(24)14-8-4/h9-10,15-18H,5-8,11-14H2,1-4H3. The highest BCUT2D eigenvalue weighted by molar-refractivity contribution is 5.69. The SMILES string of the molecule is CCCc1cccc(OC(=O)Oc2cccc(CCC)c2CCC)c1CCC. The molecule has 0 saturated heterocycles. The molecule has 2 rings (SSSR count). The smallest absolute Gasteiger partial charge is 0.394 e. The highest BCUT2D eigenvalue weighted by Crippen LogP contribution is 2.28. The first-order valence-electron chi connectivity index (χ1n) is 10.8. The van der Waals surface area contributed by atoms with E-state index in [0.29, 0.717) is 11.5 Å². The van der Waals surface area contributed by atoms with E-state index in [1.165, 1.54) is 11.1 Å². The minimum Gasteiger partial charge on any atom is -0.394 e. The van der Waals surface area contributed by atoms with Gasteiger partial charge in [0.05, 0.1) is 0 Å². The summed E-state index contributed by atoms with van der Waals surface area (Å²) in [6, 6.07) is 11.9. The second-order valence-electron chi connectivity index (χ2n) is 7.24. The molecular formula is C25H34O3. The van der Waals surface area contributed by atoms with Crippen LogP contribution in [0.15, 0.2) is 36.4 Å². The van der Waals surface area contributed by atoms with Crippen LogP contribution in [0.2, 0.25) is 0 Å². The van der Waals surface area contributed by atoms with E-state index in [4.69, 9.17) is 9.47 Å². The Bertz CT molecular complexity index is 701. The zero-order valence-corrected chi connectivity index (χ0v) is 17.8. The first kappa shape index (κ1) is 22.0. The lowest BCUT2D eigenvalue weighted by Crippen LogP contribution is -2.16. The molecule has 0 fully saturated rings. The average molecular weight is 383 g/mol. The van der Waals surface area contributed by atoms with Gasteiger partial charge in [-0.05, 0) is 60.1 Å². The number of hydrogen-bond acceptors (Lipinski definition) is 3. The van der Waals surface area contributed by atoms with E-state index < -0.39 is 6.16 Å². The van der Waals surface area contributed by atoms with Gasteiger partial charge in [0, 0.05) is 0 Å². The molecule has 0 aromatic heterocycles. The van der Waals surface area contributed by atoms with E-state index in [-0.39, 0.29) is 0 Å². The van der Waals surface area contributed by atoms with Crippen LogP contribution < -0.4 is 9.47 Å². The molecule has 2 aromatic rings. The zero-order chi connectivity index (χ0) is 20.4. The van der Waals surface area contributed by atoms with Gasteiger partial charge >= 0.3 is 6.16 Å². The van der Waals surface area contributed by atoms with Gasteiger partial charge in [-0.1, -0.05) is 77.6 Å². The quantitative estimate of drug-likeness (QED) is 0.325. The van der Waals surface area contributed by atoms with Crippen LogP contribution in [0.3, 0.4) is 0 Å². The molecule has 0 amide bonds. The molecule has 0 aliphatic heterocycles. The lowest BCUT2D eigenvalue weighted by atomic mass is 9.98. The van der Waals surface area contributed by atoms with Crippen molar-refractivity contribution in [2.45, 2.75) is 79.1 Å². The van der Waals surface area contributed by atoms with Crippen LogP contribution in [0.25, 0.3) is 0 Å². The van der Waals surface area contributed by atoms with E-state index >= 15 is 0 Å². The molecule has 3 heteroatoms. The fraction of sp³-hybridized carbons (Fsp3) is 0.480. The molecule has 0 radical (unpaired) electrons. The number of rotatable bonds is 10. The van der Waals surface area contributed by atoms with Gasteiger partial charge in [0.15, 0.2) is 0 Å². The van der Waals surface area contributed by atoms with Gasteiger partial charge in [0.1, 0.15) is 11.5 Å². The average Bonchev–Trinajstić information content (AvgIpc) is 2.67. The predicted octanol–water partition coefficient (Wildman–Crippen LogP) is 7.07. The van der Waals surface area contributed by atoms with Gasteiger partial charge in [-0.15, -0.1) is 0 Å². The van der Waals surface area contributed by atoms with E-state index in [1.54, 1.807) is 0 Å². The summed E-state index contributed by atoms with van der Waals surface area (Å²) in [6.07, 6.45) is 7.25. The Kier molecular flexibility index (Phi) is 9.06. The zero-order valence-electron chi connectivity index (χ0n) is 17.8. The number of ether oxygens (including phenoxy) is 2. The molecule has 0 saturated carbocycles. The van der Waals surface area contributed by atoms with Gasteiger partial charge < -0.3 is 9.47 Å². The van der Waals surface area contributed by atoms with Crippen molar-refractivity contribution in [3.63, 3.8) is 0 Å². The second-order valence-corrected chi connectivity index (χ2v) is 7.24. The summed E-state index contributed by atoms with van der Waals surface area (Å²) in [5.41, 5.74) is 4.76. The van der Waals surface area contributed by atoms with E-state index in [1.807, 2.05) is 24.3 Å². The Hall–Kier alpha value is -2.29. The molecule has 0 aliphatic rings. The first-order chi connectivity index (χ1) is 13.6. The fourth-order valence-electron chi connectivity index (χ4n) is 3.69. The molecule has 28 heavy (non-hydrogen) atoms. The van der Waals surface area contributed by atoms with Crippen LogP contribution in [-0.2, 0) is 25.7 Å². The van der Waals surface area contributed by atoms with Crippen LogP contribution in [0.4, 0.5) is 4.79 Å². The number of benzene rings is 2. The molecular weight excluding hydrogens is 348 g/mol. The maximum absolute atomic E-state index is 12.6. The van der Waals surface area contributed by atoms with Crippen molar-refractivity contribution in [3.8, 4) is 11.5 Å². The molecule has 3 nitrogen and oxygen atoms in total. The fourth-order valence-corrected chi connectivity index (χ4v) is 3.69. The van der Waals surface area contributed by atoms with Gasteiger partial charge in [-0.25, -0.2) is 4.79 Å². The summed E-state index contributed by atoms with van der Waals surface area (Å²) in [7, 11) is 0. The molecule has 0 aliphatic carbocycles. The monoisotopic (exact) mass is 382 g/mol. The molecule has 0 atom stereocenters. The third-order valence-corrected chi connectivity index (χ3v) is 4.89. The summed E-state index contributed by atoms with van der Waals surface area (Å²) < 4.78 is 11.3. The summed E-state index contributed by atoms with van der Waals surface area (Å²) in [4.78, 5) is 12.6. The molecule has 0 bridgehead atoms. The van der Waals surface area contributed by atoms with Crippen molar-refractivity contribution in [2.75, 3.05) is 0 Å². The van der Waals surface area contributed by atoms with Crippen LogP contribution in [0.5, 0.6) is 11.5 Å². The Morgan fingerprint density at radius 2 is 1.04 bits per heavy atom. The highest BCUT2D eigenvalue weighted by Gasteiger charge is 2.17. The van der Waals surface area contributed by atoms with Gasteiger partial charge in [0.2, 0.25) is 0 Å². The van der Waals surface area contributed by atoms with Crippen molar-refractivity contribution in [1.82, 2.24) is 0 Å². The highest BCUT2D eigenvalue weighted by atomic mass is 16.7. The van der Waals surface area contributed by atoms with Crippen molar-refractivity contribution < 1.29 is 14.3 Å². The van der Waals surface area contributed by atoms with Gasteiger partial charge in [-0.2, -0.15) is 0 Å². The number of hydrogen-bond donors (Lipinski definition) is 0. The molecule has 152 valence electrons. The number of aryl methyl sites for hydroxylation is 2. The number of carbonyl (C=O) groups is 1. The van der Waals surface area contributed by atoms with Crippen LogP contribution in [-0.4, -0.2) is 6.16 Å². The van der Waals surface area contributed by atoms with Crippen molar-refractivity contribution >= 4 is 6.16 Å². The minimum absolute atomic E-state index is 0.625. The molecule has 0 spiro atoms. The lowest BCUT2D eigenvalue weighted by Gasteiger charge is -2.16. The van der Waals surface area contributed by atoms with Crippen LogP contribution >= 0.6 is 0 Å². The summed E-state index contributed by atoms with van der Waals surface area (Å²) in [5.74, 6) is 1.25. The number of carbonyl (C=O) groups excluding carboxylic acids is 1. The summed E-state index contributed by atoms with van der Waals surface area (Å²) >= 11 is 0. The van der Waals surface area contributed by atoms with Crippen molar-refractivity contribution in [1.29, 1.82) is 0 Å². The maximum atomic E-state index is 12.6. The Morgan fingerprint density at radius 3 is 1.39 bits per heavy atom. The van der Waals surface area contributed by atoms with Crippen LogP contribution in [0.1, 0.15) is 75.6 Å². The maximum Gasteiger partial charge on any atom is 0.519 e. The van der Waals surface area contributed by atoms with E-state index in [0.717, 1.165) is 62.5 Å². The van der Waals surface area contributed by atoms with E-state index in [9.17, 15) is 4.79 Å². The topological polar surface area (TPSA) is 35.5 Å². The van der Waals surface area contributed by atoms with Crippen molar-refractivity contribution in [3.05, 3.63) is 58.7 Å². The first-order valence-corrected chi connectivity index (χ1v) is 10.8. The van der Waals surface area contributed by atoms with Crippen molar-refractivity contribution in [2.24, 2.45) is 0 Å². The third-order valence-electron chi connectivity index (χ3n) is 4.89. The third kappa shape index (κ3) is 5.85. The van der Waals surface area contributed by atoms with Crippen LogP contribution in [0, 0.1) is 0 Å². The molecule has 0 unspecified atom stereocenters. The van der Waals surface area contributed by atoms with Gasteiger partial charge in [-0.3, -0.25) is 0 Å². The largest absolute Gasteiger partial charge is 0.519 e. The Labute approximate surface area is 170 Å². The normalized spacial score (nSPS) is 10.7. The summed E-state index contributed by atoms with van der Waals surface area (Å²) in [5, 5.41) is 0. The summed E-state index contributed by atoms with van der Waals surface area (Å²) in [6.45, 7) is 8.61. The second kappa shape index (κ2) is 11.5. The molecule has 2 aromatic carbocycles. The Balaban J connectivity index is 2.23.